The van der Waals surface area contributed by atoms with E-state index < -0.39 is 8.07 Å². The van der Waals surface area contributed by atoms with E-state index in [9.17, 15) is 0 Å². The molecule has 0 unspecified atom stereocenters. The van der Waals surface area contributed by atoms with E-state index in [1.165, 1.54) is 23.4 Å². The Kier molecular flexibility index (Phi) is 6.00. The Hall–Kier alpha value is -1.13. The van der Waals surface area contributed by atoms with Gasteiger partial charge < -0.3 is 4.74 Å². The molecule has 1 saturated heterocycles. The van der Waals surface area contributed by atoms with Crippen LogP contribution in [0.5, 0.6) is 0 Å². The van der Waals surface area contributed by atoms with Gasteiger partial charge in [-0.05, 0) is 43.2 Å². The molecule has 1 aromatic carbocycles. The Bertz CT molecular complexity index is 581. The zero-order chi connectivity index (χ0) is 17.9. The maximum absolute atomic E-state index is 5.41. The number of ether oxygens (including phenoxy) is 1. The maximum Gasteiger partial charge on any atom is 0.0755 e. The first kappa shape index (κ1) is 18.7. The monoisotopic (exact) mass is 353 g/mol. The summed E-state index contributed by atoms with van der Waals surface area (Å²) in [5, 5.41) is 7.40. The second-order valence-corrected chi connectivity index (χ2v) is 12.9. The van der Waals surface area contributed by atoms with E-state index in [0.29, 0.717) is 6.04 Å². The predicted molar refractivity (Wildman–Crippen MR) is 107 cm³/mol. The summed E-state index contributed by atoms with van der Waals surface area (Å²) in [4.78, 5) is 0. The molecule has 133 valence electrons. The van der Waals surface area contributed by atoms with Gasteiger partial charge in [0.25, 0.3) is 0 Å². The molecule has 2 fully saturated rings. The molecule has 1 atom stereocenters. The summed E-state index contributed by atoms with van der Waals surface area (Å²) in [6.07, 6.45) is 9.04. The molecule has 3 rings (SSSR count). The summed E-state index contributed by atoms with van der Waals surface area (Å²) in [6.45, 7) is 8.95. The zero-order valence-corrected chi connectivity index (χ0v) is 16.8. The van der Waals surface area contributed by atoms with Gasteiger partial charge in [0.2, 0.25) is 0 Å². The van der Waals surface area contributed by atoms with Gasteiger partial charge >= 0.3 is 0 Å². The number of hydrazone groups is 1. The molecule has 0 N–H and O–H groups in total. The minimum atomic E-state index is -1.43. The molecule has 1 aromatic rings. The quantitative estimate of drug-likeness (QED) is 0.567. The van der Waals surface area contributed by atoms with Crippen molar-refractivity contribution in [3.05, 3.63) is 66.6 Å². The number of rotatable bonds is 6. The fourth-order valence-electron chi connectivity index (χ4n) is 3.59. The lowest BCUT2D eigenvalue weighted by Gasteiger charge is -2.31. The van der Waals surface area contributed by atoms with Gasteiger partial charge in [0.15, 0.2) is 0 Å². The van der Waals surface area contributed by atoms with E-state index in [1.807, 2.05) is 0 Å². The zero-order valence-electron chi connectivity index (χ0n) is 15.8. The molecule has 0 amide bonds. The summed E-state index contributed by atoms with van der Waals surface area (Å²) in [5.74, 6) is 1.30. The fourth-order valence-corrected chi connectivity index (χ4v) is 5.19. The highest BCUT2D eigenvalue weighted by Crippen LogP contribution is 2.42. The second-order valence-electron chi connectivity index (χ2n) is 7.83. The predicted octanol–water partition coefficient (Wildman–Crippen LogP) is 4.15. The van der Waals surface area contributed by atoms with E-state index in [1.54, 1.807) is 7.11 Å². The van der Waals surface area contributed by atoms with Gasteiger partial charge in [-0.3, -0.25) is 5.01 Å². The van der Waals surface area contributed by atoms with Gasteiger partial charge in [0.1, 0.15) is 0 Å². The van der Waals surface area contributed by atoms with Crippen molar-refractivity contribution in [2.24, 2.45) is 5.10 Å². The standard InChI is InChI=1S/C21H29N2OSi/c1-24-16-18-12-9-15-23(18)22-21(17-10-6-5-7-11-17)19-13-8-14-20(19)25(2,3)4/h5-8,10-11,13-14,18H,9,12,15-16H2,1-4H3/b22-21+/t18-/m0/s1. The first-order valence-electron chi connectivity index (χ1n) is 9.17. The Labute approximate surface area is 154 Å². The first-order valence-corrected chi connectivity index (χ1v) is 12.7. The minimum absolute atomic E-state index is 0.383. The molecular formula is C21H29N2OSi. The van der Waals surface area contributed by atoms with Crippen LogP contribution in [0, 0.1) is 30.7 Å². The lowest BCUT2D eigenvalue weighted by molar-refractivity contribution is 0.118. The second kappa shape index (κ2) is 8.04. The molecule has 0 aromatic heterocycles. The highest BCUT2D eigenvalue weighted by atomic mass is 28.3. The fraction of sp³-hybridized carbons (Fsp3) is 0.429. The summed E-state index contributed by atoms with van der Waals surface area (Å²) < 4.78 is 5.41. The molecule has 25 heavy (non-hydrogen) atoms. The summed E-state index contributed by atoms with van der Waals surface area (Å²) in [7, 11) is 0.343. The SMILES string of the molecule is COC[C@@H]1CCCN1/N=C(/[C]1[CH][CH][CH][C]1[Si](C)(C)C)c1ccccc1. The van der Waals surface area contributed by atoms with Crippen LogP contribution in [0.3, 0.4) is 0 Å². The van der Waals surface area contributed by atoms with Crippen LogP contribution in [-0.4, -0.2) is 45.1 Å². The number of methoxy groups -OCH3 is 1. The van der Waals surface area contributed by atoms with Crippen molar-refractivity contribution in [2.75, 3.05) is 20.3 Å². The van der Waals surface area contributed by atoms with Gasteiger partial charge in [-0.15, -0.1) is 0 Å². The van der Waals surface area contributed by atoms with Crippen molar-refractivity contribution in [1.82, 2.24) is 5.01 Å². The molecular weight excluding hydrogens is 324 g/mol. The van der Waals surface area contributed by atoms with Gasteiger partial charge in [-0.25, -0.2) is 0 Å². The average molecular weight is 354 g/mol. The number of nitrogens with zero attached hydrogens (tertiary/aromatic N) is 2. The van der Waals surface area contributed by atoms with Crippen molar-refractivity contribution in [2.45, 2.75) is 38.5 Å². The van der Waals surface area contributed by atoms with Crippen LogP contribution in [-0.2, 0) is 4.74 Å². The van der Waals surface area contributed by atoms with Crippen LogP contribution >= 0.6 is 0 Å². The summed E-state index contributed by atoms with van der Waals surface area (Å²) in [6, 6.07) is 11.0. The molecule has 0 spiro atoms. The van der Waals surface area contributed by atoms with Gasteiger partial charge in [-0.1, -0.05) is 50.0 Å². The first-order chi connectivity index (χ1) is 12.0. The minimum Gasteiger partial charge on any atom is -0.382 e. The molecule has 0 bridgehead atoms. The molecule has 2 aliphatic rings. The van der Waals surface area contributed by atoms with E-state index in [4.69, 9.17) is 9.84 Å². The molecule has 1 aliphatic carbocycles. The van der Waals surface area contributed by atoms with Crippen molar-refractivity contribution in [3.8, 4) is 0 Å². The van der Waals surface area contributed by atoms with Crippen LogP contribution in [0.2, 0.25) is 19.6 Å². The van der Waals surface area contributed by atoms with Gasteiger partial charge in [-0.2, -0.15) is 5.10 Å². The topological polar surface area (TPSA) is 24.8 Å². The van der Waals surface area contributed by atoms with Crippen molar-refractivity contribution < 1.29 is 4.74 Å². The molecule has 4 heteroatoms. The van der Waals surface area contributed by atoms with Crippen molar-refractivity contribution in [3.63, 3.8) is 0 Å². The summed E-state index contributed by atoms with van der Waals surface area (Å²) in [5.41, 5.74) is 3.78. The Morgan fingerprint density at radius 2 is 1.96 bits per heavy atom. The third-order valence-electron chi connectivity index (χ3n) is 4.86. The van der Waals surface area contributed by atoms with Crippen LogP contribution in [0.25, 0.3) is 0 Å². The van der Waals surface area contributed by atoms with E-state index >= 15 is 0 Å². The summed E-state index contributed by atoms with van der Waals surface area (Å²) >= 11 is 0. The molecule has 1 saturated carbocycles. The number of hydrogen-bond acceptors (Lipinski definition) is 3. The number of hydrogen-bond donors (Lipinski definition) is 0. The third kappa shape index (κ3) is 4.35. The number of benzene rings is 1. The highest BCUT2D eigenvalue weighted by Gasteiger charge is 2.42. The normalized spacial score (nSPS) is 23.6. The lowest BCUT2D eigenvalue weighted by atomic mass is 9.95. The lowest BCUT2D eigenvalue weighted by Crippen LogP contribution is -2.37. The van der Waals surface area contributed by atoms with Gasteiger partial charge in [0, 0.05) is 19.6 Å². The van der Waals surface area contributed by atoms with E-state index in [2.05, 4.69) is 74.2 Å². The maximum atomic E-state index is 5.41. The largest absolute Gasteiger partial charge is 0.382 e. The molecule has 5 radical (unpaired) electrons. The van der Waals surface area contributed by atoms with Crippen LogP contribution < -0.4 is 0 Å². The Morgan fingerprint density at radius 1 is 1.20 bits per heavy atom. The Balaban J connectivity index is 1.95. The van der Waals surface area contributed by atoms with E-state index in [-0.39, 0.29) is 0 Å². The van der Waals surface area contributed by atoms with Crippen LogP contribution in [0.15, 0.2) is 35.4 Å². The Morgan fingerprint density at radius 3 is 2.64 bits per heavy atom. The molecule has 1 aliphatic heterocycles. The highest BCUT2D eigenvalue weighted by molar-refractivity contribution is 6.83. The smallest absolute Gasteiger partial charge is 0.0755 e. The molecule has 3 nitrogen and oxygen atoms in total. The molecule has 1 heterocycles. The third-order valence-corrected chi connectivity index (χ3v) is 6.91. The van der Waals surface area contributed by atoms with Crippen LogP contribution in [0.4, 0.5) is 0 Å². The van der Waals surface area contributed by atoms with Crippen molar-refractivity contribution >= 4 is 13.8 Å². The van der Waals surface area contributed by atoms with Crippen molar-refractivity contribution in [1.29, 1.82) is 0 Å². The average Bonchev–Trinajstić information content (AvgIpc) is 3.23. The van der Waals surface area contributed by atoms with Gasteiger partial charge in [0.05, 0.1) is 26.4 Å². The van der Waals surface area contributed by atoms with E-state index in [0.717, 1.165) is 25.3 Å². The van der Waals surface area contributed by atoms with Crippen LogP contribution in [0.1, 0.15) is 18.4 Å².